The molecule has 0 aliphatic rings. The fraction of sp³-hybridized carbons (Fsp3) is 0.176. The van der Waals surface area contributed by atoms with Crippen LogP contribution in [0.4, 0.5) is 0 Å². The third-order valence-electron chi connectivity index (χ3n) is 2.99. The van der Waals surface area contributed by atoms with Crippen molar-refractivity contribution in [2.45, 2.75) is 13.5 Å². The van der Waals surface area contributed by atoms with Crippen LogP contribution >= 0.6 is 15.9 Å². The zero-order valence-corrected chi connectivity index (χ0v) is 13.7. The lowest BCUT2D eigenvalue weighted by Gasteiger charge is -2.07. The number of ether oxygens (including phenoxy) is 1. The molecule has 0 aromatic heterocycles. The Bertz CT molecular complexity index is 668. The van der Waals surface area contributed by atoms with E-state index in [1.807, 2.05) is 37.3 Å². The number of halogens is 1. The molecule has 0 spiro atoms. The number of hydrogen-bond acceptors (Lipinski definition) is 3. The number of hydrogen-bond donors (Lipinski definition) is 1. The number of benzene rings is 2. The number of rotatable bonds is 5. The monoisotopic (exact) mass is 361 g/mol. The van der Waals surface area contributed by atoms with E-state index in [0.29, 0.717) is 5.56 Å². The van der Waals surface area contributed by atoms with Crippen LogP contribution in [0.25, 0.3) is 0 Å². The molecule has 0 bridgehead atoms. The number of carbonyl (C=O) groups is 2. The molecule has 0 atom stereocenters. The molecule has 0 saturated carbocycles. The Morgan fingerprint density at radius 3 is 2.55 bits per heavy atom. The third-order valence-corrected chi connectivity index (χ3v) is 3.52. The Balaban J connectivity index is 1.78. The van der Waals surface area contributed by atoms with Crippen molar-refractivity contribution in [3.8, 4) is 0 Å². The lowest BCUT2D eigenvalue weighted by Crippen LogP contribution is -2.30. The van der Waals surface area contributed by atoms with E-state index in [9.17, 15) is 9.59 Å². The number of amides is 1. The molecule has 0 fully saturated rings. The lowest BCUT2D eigenvalue weighted by atomic mass is 10.1. The van der Waals surface area contributed by atoms with Crippen LogP contribution in [0.2, 0.25) is 0 Å². The number of nitrogens with one attached hydrogen (secondary N) is 1. The number of esters is 1. The van der Waals surface area contributed by atoms with Crippen molar-refractivity contribution in [3.05, 3.63) is 69.7 Å². The third kappa shape index (κ3) is 5.00. The second kappa shape index (κ2) is 7.75. The van der Waals surface area contributed by atoms with Gasteiger partial charge in [-0.05, 0) is 36.8 Å². The first-order chi connectivity index (χ1) is 10.5. The minimum Gasteiger partial charge on any atom is -0.460 e. The highest BCUT2D eigenvalue weighted by Crippen LogP contribution is 2.11. The van der Waals surface area contributed by atoms with Gasteiger partial charge < -0.3 is 10.1 Å². The molecule has 2 rings (SSSR count). The Morgan fingerprint density at radius 2 is 1.86 bits per heavy atom. The first kappa shape index (κ1) is 16.2. The minimum atomic E-state index is -0.469. The molecule has 0 aliphatic carbocycles. The van der Waals surface area contributed by atoms with Gasteiger partial charge in [-0.3, -0.25) is 9.59 Å². The van der Waals surface area contributed by atoms with Gasteiger partial charge in [0.15, 0.2) is 0 Å². The summed E-state index contributed by atoms with van der Waals surface area (Å²) >= 11 is 3.34. The first-order valence-corrected chi connectivity index (χ1v) is 7.59. The summed E-state index contributed by atoms with van der Waals surface area (Å²) in [7, 11) is 0. The summed E-state index contributed by atoms with van der Waals surface area (Å²) in [5.41, 5.74) is 2.41. The highest BCUT2D eigenvalue weighted by molar-refractivity contribution is 9.10. The zero-order valence-electron chi connectivity index (χ0n) is 12.1. The molecule has 1 N–H and O–H groups in total. The van der Waals surface area contributed by atoms with Crippen molar-refractivity contribution in [2.75, 3.05) is 6.54 Å². The van der Waals surface area contributed by atoms with Crippen LogP contribution in [0.1, 0.15) is 21.5 Å². The van der Waals surface area contributed by atoms with Crippen molar-refractivity contribution in [2.24, 2.45) is 0 Å². The maximum atomic E-state index is 11.9. The molecule has 2 aromatic rings. The van der Waals surface area contributed by atoms with Gasteiger partial charge in [-0.15, -0.1) is 0 Å². The Morgan fingerprint density at radius 1 is 1.14 bits per heavy atom. The topological polar surface area (TPSA) is 55.4 Å². The van der Waals surface area contributed by atoms with Gasteiger partial charge in [-0.2, -0.15) is 0 Å². The van der Waals surface area contributed by atoms with E-state index in [1.165, 1.54) is 0 Å². The standard InChI is InChI=1S/C17H16BrNO3/c1-12-3-2-4-14(9-12)17(21)19-10-16(20)22-11-13-5-7-15(18)8-6-13/h2-9H,10-11H2,1H3,(H,19,21). The van der Waals surface area contributed by atoms with Gasteiger partial charge in [-0.1, -0.05) is 45.8 Å². The smallest absolute Gasteiger partial charge is 0.325 e. The van der Waals surface area contributed by atoms with Gasteiger partial charge in [0.05, 0.1) is 0 Å². The molecule has 0 heterocycles. The Hall–Kier alpha value is -2.14. The van der Waals surface area contributed by atoms with Gasteiger partial charge in [-0.25, -0.2) is 0 Å². The highest BCUT2D eigenvalue weighted by Gasteiger charge is 2.09. The van der Waals surface area contributed by atoms with Crippen molar-refractivity contribution in [1.82, 2.24) is 5.32 Å². The average molecular weight is 362 g/mol. The Kier molecular flexibility index (Phi) is 5.72. The van der Waals surface area contributed by atoms with Crippen LogP contribution in [0.3, 0.4) is 0 Å². The quantitative estimate of drug-likeness (QED) is 0.831. The summed E-state index contributed by atoms with van der Waals surface area (Å²) in [6.45, 7) is 1.94. The molecule has 0 unspecified atom stereocenters. The molecule has 114 valence electrons. The van der Waals surface area contributed by atoms with Gasteiger partial charge in [0, 0.05) is 10.0 Å². The van der Waals surface area contributed by atoms with Gasteiger partial charge >= 0.3 is 5.97 Å². The normalized spacial score (nSPS) is 10.1. The van der Waals surface area contributed by atoms with E-state index in [0.717, 1.165) is 15.6 Å². The number of carbonyl (C=O) groups excluding carboxylic acids is 2. The fourth-order valence-electron chi connectivity index (χ4n) is 1.84. The second-order valence-electron chi connectivity index (χ2n) is 4.84. The summed E-state index contributed by atoms with van der Waals surface area (Å²) in [5, 5.41) is 2.55. The molecule has 2 aromatic carbocycles. The fourth-order valence-corrected chi connectivity index (χ4v) is 2.10. The predicted octanol–water partition coefficient (Wildman–Crippen LogP) is 3.23. The van der Waals surface area contributed by atoms with E-state index >= 15 is 0 Å². The number of aryl methyl sites for hydroxylation is 1. The van der Waals surface area contributed by atoms with Crippen molar-refractivity contribution in [1.29, 1.82) is 0 Å². The van der Waals surface area contributed by atoms with Crippen LogP contribution in [0.15, 0.2) is 53.0 Å². The van der Waals surface area contributed by atoms with E-state index in [1.54, 1.807) is 18.2 Å². The highest BCUT2D eigenvalue weighted by atomic mass is 79.9. The molecule has 0 radical (unpaired) electrons. The van der Waals surface area contributed by atoms with Crippen molar-refractivity contribution in [3.63, 3.8) is 0 Å². The molecule has 0 aliphatic heterocycles. The summed E-state index contributed by atoms with van der Waals surface area (Å²) in [6.07, 6.45) is 0. The predicted molar refractivity (Wildman–Crippen MR) is 87.5 cm³/mol. The van der Waals surface area contributed by atoms with E-state index < -0.39 is 5.97 Å². The van der Waals surface area contributed by atoms with E-state index in [4.69, 9.17) is 4.74 Å². The SMILES string of the molecule is Cc1cccc(C(=O)NCC(=O)OCc2ccc(Br)cc2)c1. The van der Waals surface area contributed by atoms with Crippen molar-refractivity contribution >= 4 is 27.8 Å². The second-order valence-corrected chi connectivity index (χ2v) is 5.75. The average Bonchev–Trinajstić information content (AvgIpc) is 2.52. The molecule has 1 amide bonds. The van der Waals surface area contributed by atoms with Crippen LogP contribution in [-0.2, 0) is 16.1 Å². The zero-order chi connectivity index (χ0) is 15.9. The van der Waals surface area contributed by atoms with Crippen LogP contribution < -0.4 is 5.32 Å². The lowest BCUT2D eigenvalue weighted by molar-refractivity contribution is -0.143. The van der Waals surface area contributed by atoms with E-state index in [2.05, 4.69) is 21.2 Å². The van der Waals surface area contributed by atoms with Gasteiger partial charge in [0.25, 0.3) is 5.91 Å². The van der Waals surface area contributed by atoms with Crippen LogP contribution in [-0.4, -0.2) is 18.4 Å². The maximum absolute atomic E-state index is 11.9. The van der Waals surface area contributed by atoms with Crippen molar-refractivity contribution < 1.29 is 14.3 Å². The molecule has 4 nitrogen and oxygen atoms in total. The molecular formula is C17H16BrNO3. The van der Waals surface area contributed by atoms with E-state index in [-0.39, 0.29) is 19.1 Å². The molecular weight excluding hydrogens is 346 g/mol. The summed E-state index contributed by atoms with van der Waals surface area (Å²) in [4.78, 5) is 23.5. The summed E-state index contributed by atoms with van der Waals surface area (Å²) < 4.78 is 6.07. The van der Waals surface area contributed by atoms with Gasteiger partial charge in [0.2, 0.25) is 0 Å². The first-order valence-electron chi connectivity index (χ1n) is 6.79. The molecule has 0 saturated heterocycles. The van der Waals surface area contributed by atoms with Gasteiger partial charge in [0.1, 0.15) is 13.2 Å². The molecule has 5 heteroatoms. The summed E-state index contributed by atoms with van der Waals surface area (Å²) in [6, 6.07) is 14.7. The largest absolute Gasteiger partial charge is 0.460 e. The minimum absolute atomic E-state index is 0.150. The van der Waals surface area contributed by atoms with Crippen LogP contribution in [0, 0.1) is 6.92 Å². The van der Waals surface area contributed by atoms with Crippen LogP contribution in [0.5, 0.6) is 0 Å². The molecule has 22 heavy (non-hydrogen) atoms. The Labute approximate surface area is 137 Å². The maximum Gasteiger partial charge on any atom is 0.325 e. The summed E-state index contributed by atoms with van der Waals surface area (Å²) in [5.74, 6) is -0.756.